The second-order valence-corrected chi connectivity index (χ2v) is 6.74. The molecule has 7 nitrogen and oxygen atoms in total. The van der Waals surface area contributed by atoms with E-state index in [1.807, 2.05) is 0 Å². The maximum absolute atomic E-state index is 12.5. The van der Waals surface area contributed by atoms with E-state index in [1.54, 1.807) is 12.1 Å². The van der Waals surface area contributed by atoms with Gasteiger partial charge in [0, 0.05) is 0 Å². The van der Waals surface area contributed by atoms with E-state index in [0.717, 1.165) is 13.2 Å². The predicted molar refractivity (Wildman–Crippen MR) is 88.6 cm³/mol. The molecule has 0 spiro atoms. The number of hydrogen-bond donors (Lipinski definition) is 2. The lowest BCUT2D eigenvalue weighted by atomic mass is 10.2. The molecule has 2 aromatic carbocycles. The van der Waals surface area contributed by atoms with Gasteiger partial charge in [-0.3, -0.25) is 9.52 Å². The molecular formula is C15H13ClN2O5S. The van der Waals surface area contributed by atoms with Crippen molar-refractivity contribution in [2.75, 3.05) is 11.8 Å². The lowest BCUT2D eigenvalue weighted by molar-refractivity contribution is 0.0600. The van der Waals surface area contributed by atoms with Gasteiger partial charge in [-0.05, 0) is 30.3 Å². The maximum Gasteiger partial charge on any atom is 0.339 e. The first-order valence-corrected chi connectivity index (χ1v) is 8.42. The van der Waals surface area contributed by atoms with Crippen LogP contribution in [0.5, 0.6) is 0 Å². The Morgan fingerprint density at radius 2 is 1.79 bits per heavy atom. The molecular weight excluding hydrogens is 356 g/mol. The summed E-state index contributed by atoms with van der Waals surface area (Å²) in [4.78, 5) is 22.8. The highest BCUT2D eigenvalue weighted by atomic mass is 35.5. The molecule has 9 heteroatoms. The molecule has 2 aromatic rings. The fourth-order valence-electron chi connectivity index (χ4n) is 1.93. The zero-order valence-corrected chi connectivity index (χ0v) is 14.0. The molecule has 0 fully saturated rings. The Bertz CT molecular complexity index is 912. The number of halogens is 1. The van der Waals surface area contributed by atoms with E-state index in [-0.39, 0.29) is 26.7 Å². The van der Waals surface area contributed by atoms with Crippen LogP contribution in [-0.4, -0.2) is 27.4 Å². The van der Waals surface area contributed by atoms with Gasteiger partial charge >= 0.3 is 5.97 Å². The molecule has 0 bridgehead atoms. The summed E-state index contributed by atoms with van der Waals surface area (Å²) in [6, 6.07) is 9.47. The number of esters is 1. The summed E-state index contributed by atoms with van der Waals surface area (Å²) >= 11 is 5.87. The van der Waals surface area contributed by atoms with E-state index < -0.39 is 21.9 Å². The fourth-order valence-corrected chi connectivity index (χ4v) is 3.23. The molecule has 0 aromatic heterocycles. The van der Waals surface area contributed by atoms with Gasteiger partial charge in [0.05, 0.1) is 33.8 Å². The number of carbonyl (C=O) groups is 2. The molecule has 0 atom stereocenters. The number of benzene rings is 2. The van der Waals surface area contributed by atoms with Gasteiger partial charge in [-0.2, -0.15) is 0 Å². The van der Waals surface area contributed by atoms with Crippen LogP contribution in [0, 0.1) is 0 Å². The average molecular weight is 369 g/mol. The Morgan fingerprint density at radius 3 is 2.42 bits per heavy atom. The Kier molecular flexibility index (Phi) is 5.10. The SMILES string of the molecule is COC(=O)c1cc(S(=O)(=O)Nc2ccccc2C(N)=O)ccc1Cl. The van der Waals surface area contributed by atoms with Crippen LogP contribution in [0.2, 0.25) is 5.02 Å². The highest BCUT2D eigenvalue weighted by Crippen LogP contribution is 2.24. The van der Waals surface area contributed by atoms with E-state index in [2.05, 4.69) is 9.46 Å². The minimum absolute atomic E-state index is 0.0169. The lowest BCUT2D eigenvalue weighted by Gasteiger charge is -2.12. The predicted octanol–water partition coefficient (Wildman–Crippen LogP) is 2.03. The molecule has 0 saturated carbocycles. The molecule has 3 N–H and O–H groups in total. The van der Waals surface area contributed by atoms with Crippen LogP contribution in [0.4, 0.5) is 5.69 Å². The van der Waals surface area contributed by atoms with Gasteiger partial charge in [0.2, 0.25) is 0 Å². The summed E-state index contributed by atoms with van der Waals surface area (Å²) in [5, 5.41) is 0.0540. The number of rotatable bonds is 5. The van der Waals surface area contributed by atoms with Crippen molar-refractivity contribution in [2.24, 2.45) is 5.73 Å². The molecule has 0 aliphatic heterocycles. The van der Waals surface area contributed by atoms with Crippen molar-refractivity contribution in [1.82, 2.24) is 0 Å². The molecule has 0 aliphatic rings. The van der Waals surface area contributed by atoms with Crippen LogP contribution in [0.25, 0.3) is 0 Å². The van der Waals surface area contributed by atoms with Crippen LogP contribution in [0.1, 0.15) is 20.7 Å². The minimum Gasteiger partial charge on any atom is -0.465 e. The van der Waals surface area contributed by atoms with Gasteiger partial charge in [0.1, 0.15) is 0 Å². The van der Waals surface area contributed by atoms with Crippen molar-refractivity contribution in [3.63, 3.8) is 0 Å². The number of nitrogens with one attached hydrogen (secondary N) is 1. The van der Waals surface area contributed by atoms with Gasteiger partial charge in [0.25, 0.3) is 15.9 Å². The van der Waals surface area contributed by atoms with Gasteiger partial charge in [0.15, 0.2) is 0 Å². The lowest BCUT2D eigenvalue weighted by Crippen LogP contribution is -2.19. The number of amides is 1. The van der Waals surface area contributed by atoms with Crippen LogP contribution in [-0.2, 0) is 14.8 Å². The number of primary amides is 1. The van der Waals surface area contributed by atoms with E-state index >= 15 is 0 Å². The van der Waals surface area contributed by atoms with E-state index in [1.165, 1.54) is 24.3 Å². The third-order valence-electron chi connectivity index (χ3n) is 3.09. The van der Waals surface area contributed by atoms with Crippen LogP contribution in [0.3, 0.4) is 0 Å². The Balaban J connectivity index is 2.46. The van der Waals surface area contributed by atoms with Gasteiger partial charge < -0.3 is 10.5 Å². The quantitative estimate of drug-likeness (QED) is 0.783. The topological polar surface area (TPSA) is 116 Å². The van der Waals surface area contributed by atoms with E-state index in [9.17, 15) is 18.0 Å². The van der Waals surface area contributed by atoms with Crippen molar-refractivity contribution in [3.05, 3.63) is 58.6 Å². The largest absolute Gasteiger partial charge is 0.465 e. The highest BCUT2D eigenvalue weighted by molar-refractivity contribution is 7.92. The Hall–Kier alpha value is -2.58. The maximum atomic E-state index is 12.5. The van der Waals surface area contributed by atoms with Crippen LogP contribution in [0.15, 0.2) is 47.4 Å². The normalized spacial score (nSPS) is 10.9. The first kappa shape index (κ1) is 17.8. The molecule has 0 saturated heterocycles. The standard InChI is InChI=1S/C15H13ClN2O5S/c1-23-15(20)11-8-9(6-7-12(11)16)24(21,22)18-13-5-3-2-4-10(13)14(17)19/h2-8,18H,1H3,(H2,17,19). The van der Waals surface area contributed by atoms with Gasteiger partial charge in [-0.1, -0.05) is 23.7 Å². The van der Waals surface area contributed by atoms with Crippen molar-refractivity contribution in [1.29, 1.82) is 0 Å². The number of para-hydroxylation sites is 1. The molecule has 0 heterocycles. The van der Waals surface area contributed by atoms with E-state index in [4.69, 9.17) is 17.3 Å². The summed E-state index contributed by atoms with van der Waals surface area (Å²) < 4.78 is 31.8. The zero-order valence-electron chi connectivity index (χ0n) is 12.4. The third-order valence-corrected chi connectivity index (χ3v) is 4.78. The average Bonchev–Trinajstić information content (AvgIpc) is 2.54. The van der Waals surface area contributed by atoms with Crippen molar-refractivity contribution in [2.45, 2.75) is 4.90 Å². The molecule has 0 radical (unpaired) electrons. The number of carbonyl (C=O) groups excluding carboxylic acids is 2. The number of sulfonamides is 1. The summed E-state index contributed by atoms with van der Waals surface area (Å²) in [5.41, 5.74) is 5.17. The van der Waals surface area contributed by atoms with Gasteiger partial charge in [-0.15, -0.1) is 0 Å². The monoisotopic (exact) mass is 368 g/mol. The Labute approximate surface area is 143 Å². The minimum atomic E-state index is -4.07. The number of methoxy groups -OCH3 is 1. The number of ether oxygens (including phenoxy) is 1. The first-order chi connectivity index (χ1) is 11.3. The summed E-state index contributed by atoms with van der Waals surface area (Å²) in [7, 11) is -2.92. The molecule has 0 aliphatic carbocycles. The van der Waals surface area contributed by atoms with E-state index in [0.29, 0.717) is 0 Å². The first-order valence-electron chi connectivity index (χ1n) is 6.56. The molecule has 126 valence electrons. The molecule has 1 amide bonds. The summed E-state index contributed by atoms with van der Waals surface area (Å²) in [5.74, 6) is -1.55. The van der Waals surface area contributed by atoms with Crippen molar-refractivity contribution < 1.29 is 22.7 Å². The van der Waals surface area contributed by atoms with Crippen molar-refractivity contribution in [3.8, 4) is 0 Å². The van der Waals surface area contributed by atoms with Gasteiger partial charge in [-0.25, -0.2) is 13.2 Å². The highest BCUT2D eigenvalue weighted by Gasteiger charge is 2.21. The number of anilines is 1. The summed E-state index contributed by atoms with van der Waals surface area (Å²) in [6.07, 6.45) is 0. The third kappa shape index (κ3) is 3.66. The molecule has 2 rings (SSSR count). The fraction of sp³-hybridized carbons (Fsp3) is 0.0667. The van der Waals surface area contributed by atoms with Crippen LogP contribution >= 0.6 is 11.6 Å². The van der Waals surface area contributed by atoms with Crippen molar-refractivity contribution >= 4 is 39.2 Å². The molecule has 0 unspecified atom stereocenters. The second-order valence-electron chi connectivity index (χ2n) is 4.65. The second kappa shape index (κ2) is 6.90. The smallest absolute Gasteiger partial charge is 0.339 e. The molecule has 24 heavy (non-hydrogen) atoms. The zero-order chi connectivity index (χ0) is 17.9. The Morgan fingerprint density at radius 1 is 1.12 bits per heavy atom. The number of nitrogens with two attached hydrogens (primary N) is 1. The summed E-state index contributed by atoms with van der Waals surface area (Å²) in [6.45, 7) is 0. The number of hydrogen-bond acceptors (Lipinski definition) is 5. The van der Waals surface area contributed by atoms with Crippen LogP contribution < -0.4 is 10.5 Å².